The lowest BCUT2D eigenvalue weighted by Crippen LogP contribution is -2.56. The quantitative estimate of drug-likeness (QED) is 0.0726. The summed E-state index contributed by atoms with van der Waals surface area (Å²) in [7, 11) is 0. The van der Waals surface area contributed by atoms with Gasteiger partial charge < -0.3 is 61.5 Å². The van der Waals surface area contributed by atoms with Crippen LogP contribution >= 0.6 is 11.8 Å². The molecule has 0 saturated carbocycles. The fraction of sp³-hybridized carbons (Fsp3) is 0.750. The van der Waals surface area contributed by atoms with Gasteiger partial charge in [0.15, 0.2) is 0 Å². The van der Waals surface area contributed by atoms with Crippen LogP contribution in [0.3, 0.4) is 0 Å². The Morgan fingerprint density at radius 3 is 1.67 bits per heavy atom. The Morgan fingerprint density at radius 2 is 1.19 bits per heavy atom. The van der Waals surface area contributed by atoms with E-state index in [0.717, 1.165) is 11.3 Å². The Balaban J connectivity index is 1.14. The van der Waals surface area contributed by atoms with E-state index in [9.17, 15) is 53.4 Å². The molecule has 22 heteroatoms. The van der Waals surface area contributed by atoms with Crippen LogP contribution in [-0.4, -0.2) is 201 Å². The molecule has 5 aliphatic rings. The maximum atomic E-state index is 13.9. The van der Waals surface area contributed by atoms with Gasteiger partial charge in [0.1, 0.15) is 36.8 Å². The summed E-state index contributed by atoms with van der Waals surface area (Å²) in [5, 5.41) is 42.9. The summed E-state index contributed by atoms with van der Waals surface area (Å²) >= 11 is 1.51. The highest BCUT2D eigenvalue weighted by Gasteiger charge is 2.47. The highest BCUT2D eigenvalue weighted by molar-refractivity contribution is 7.98. The molecule has 0 spiro atoms. The van der Waals surface area contributed by atoms with Crippen LogP contribution in [0.2, 0.25) is 0 Å². The Hall–Kier alpha value is -4.54. The zero-order chi connectivity index (χ0) is 42.1. The van der Waals surface area contributed by atoms with Gasteiger partial charge in [0.05, 0.1) is 31.3 Å². The minimum absolute atomic E-state index is 0.0991. The molecule has 0 aromatic rings. The van der Waals surface area contributed by atoms with Gasteiger partial charge in [-0.15, -0.1) is 0 Å². The number of rotatable bonds is 16. The van der Waals surface area contributed by atoms with Crippen LogP contribution in [-0.2, 0) is 43.2 Å². The number of aliphatic hydroxyl groups excluding tert-OH is 2. The topological polar surface area (TPSA) is 287 Å². The van der Waals surface area contributed by atoms with Gasteiger partial charge in [-0.05, 0) is 63.5 Å². The molecule has 5 saturated heterocycles. The number of aliphatic carboxylic acids is 1. The first-order valence-electron chi connectivity index (χ1n) is 19.8. The van der Waals surface area contributed by atoms with Crippen molar-refractivity contribution in [2.45, 2.75) is 106 Å². The number of carbonyl (C=O) groups excluding carboxylic acids is 8. The normalized spacial score (nSPS) is 27.3. The summed E-state index contributed by atoms with van der Waals surface area (Å²) in [6.07, 6.45) is 2.95. The summed E-state index contributed by atoms with van der Waals surface area (Å²) in [4.78, 5) is 122. The number of likely N-dealkylation sites (tertiary alicyclic amines) is 4. The van der Waals surface area contributed by atoms with Crippen molar-refractivity contribution in [1.29, 1.82) is 0 Å². The van der Waals surface area contributed by atoms with Gasteiger partial charge in [-0.3, -0.25) is 43.2 Å². The molecule has 5 rings (SSSR count). The van der Waals surface area contributed by atoms with Gasteiger partial charge in [-0.25, -0.2) is 0 Å². The fourth-order valence-electron chi connectivity index (χ4n) is 8.37. The van der Waals surface area contributed by atoms with E-state index < -0.39 is 109 Å². The number of nitrogens with zero attached hydrogens (tertiary/aromatic N) is 4. The lowest BCUT2D eigenvalue weighted by atomic mass is 10.1. The number of hydrogen-bond acceptors (Lipinski definition) is 13. The second kappa shape index (κ2) is 20.4. The number of β-amino-alcohol motifs (C(OH)–C–C–N with tert-alkyl or cyclic N) is 2. The summed E-state index contributed by atoms with van der Waals surface area (Å²) in [6.45, 7) is -0.853. The van der Waals surface area contributed by atoms with E-state index in [-0.39, 0.29) is 57.4 Å². The SMILES string of the molecule is CSCC[C@H](NC(=O)[C@@H]1CCCN1)C(=O)NCC(=O)N1CCC[C@H]1C(=O)N1C[C@H](O)C[C@H]1C(=O)NCC(=O)N1CCC[C@H]1C(=O)N1C[C@H](O)C[C@H]1C(=O)NCC(=O)O. The van der Waals surface area contributed by atoms with Crippen LogP contribution in [0.1, 0.15) is 57.8 Å². The molecule has 5 heterocycles. The highest BCUT2D eigenvalue weighted by atomic mass is 32.2. The number of amides is 8. The number of carboxylic acid groups (broad SMARTS) is 1. The van der Waals surface area contributed by atoms with E-state index in [1.165, 1.54) is 26.5 Å². The Kier molecular flexibility index (Phi) is 15.7. The first-order chi connectivity index (χ1) is 27.7. The van der Waals surface area contributed by atoms with Crippen LogP contribution in [0.4, 0.5) is 0 Å². The Morgan fingerprint density at radius 1 is 0.672 bits per heavy atom. The van der Waals surface area contributed by atoms with Crippen molar-refractivity contribution >= 4 is 65.0 Å². The highest BCUT2D eigenvalue weighted by Crippen LogP contribution is 2.27. The van der Waals surface area contributed by atoms with E-state index in [1.807, 2.05) is 6.26 Å². The summed E-state index contributed by atoms with van der Waals surface area (Å²) < 4.78 is 0. The van der Waals surface area contributed by atoms with Crippen LogP contribution in [0.5, 0.6) is 0 Å². The maximum absolute atomic E-state index is 13.9. The summed E-state index contributed by atoms with van der Waals surface area (Å²) in [5.74, 6) is -5.21. The third-order valence-electron chi connectivity index (χ3n) is 11.3. The van der Waals surface area contributed by atoms with Gasteiger partial charge in [0.25, 0.3) is 0 Å². The van der Waals surface area contributed by atoms with E-state index >= 15 is 0 Å². The van der Waals surface area contributed by atoms with Gasteiger partial charge >= 0.3 is 5.97 Å². The van der Waals surface area contributed by atoms with Gasteiger partial charge in [-0.1, -0.05) is 0 Å². The van der Waals surface area contributed by atoms with E-state index in [1.54, 1.807) is 0 Å². The smallest absolute Gasteiger partial charge is 0.322 e. The third kappa shape index (κ3) is 10.9. The van der Waals surface area contributed by atoms with Crippen molar-refractivity contribution in [2.75, 3.05) is 64.4 Å². The molecule has 5 fully saturated rings. The largest absolute Gasteiger partial charge is 0.480 e. The first kappa shape index (κ1) is 44.6. The molecule has 0 radical (unpaired) electrons. The zero-order valence-electron chi connectivity index (χ0n) is 32.6. The number of thioether (sulfide) groups is 1. The molecule has 58 heavy (non-hydrogen) atoms. The van der Waals surface area contributed by atoms with Crippen LogP contribution < -0.4 is 26.6 Å². The Labute approximate surface area is 339 Å². The molecule has 5 aliphatic heterocycles. The van der Waals surface area contributed by atoms with Crippen LogP contribution in [0.15, 0.2) is 0 Å². The molecule has 8 N–H and O–H groups in total. The molecular formula is C36H55N9O12S. The molecule has 0 aromatic heterocycles. The molecule has 21 nitrogen and oxygen atoms in total. The van der Waals surface area contributed by atoms with Crippen molar-refractivity contribution in [3.05, 3.63) is 0 Å². The molecular weight excluding hydrogens is 783 g/mol. The molecule has 0 aromatic carbocycles. The second-order valence-corrected chi connectivity index (χ2v) is 16.3. The lowest BCUT2D eigenvalue weighted by molar-refractivity contribution is -0.148. The van der Waals surface area contributed by atoms with Gasteiger partial charge in [-0.2, -0.15) is 11.8 Å². The lowest BCUT2D eigenvalue weighted by Gasteiger charge is -2.32. The molecule has 8 atom stereocenters. The maximum Gasteiger partial charge on any atom is 0.322 e. The summed E-state index contributed by atoms with van der Waals surface area (Å²) in [6, 6.07) is -5.45. The Bertz CT molecular complexity index is 1600. The predicted octanol–water partition coefficient (Wildman–Crippen LogP) is -4.68. The third-order valence-corrected chi connectivity index (χ3v) is 12.0. The number of nitrogens with one attached hydrogen (secondary N) is 5. The van der Waals surface area contributed by atoms with Crippen LogP contribution in [0, 0.1) is 0 Å². The average Bonchev–Trinajstić information content (AvgIpc) is 4.05. The standard InChI is InChI=1S/C36H55N9O12S/c1-58-12-8-23(41-32(53)22-5-2-9-37-22)31(52)38-15-28(48)42-10-3-6-24(42)35(56)44-18-20(46)13-26(44)33(54)39-16-29(49)43-11-4-7-25(43)36(57)45-19-21(47)14-27(45)34(55)40-17-30(50)51/h20-27,37,46-47H,2-19H2,1H3,(H,38,52)(H,39,54)(H,40,55)(H,41,53)(H,50,51)/t20-,21-,22+,23+,24+,25+,26+,27+/m1/s1. The van der Waals surface area contributed by atoms with Crippen LogP contribution in [0.25, 0.3) is 0 Å². The van der Waals surface area contributed by atoms with Crippen molar-refractivity contribution in [1.82, 2.24) is 46.2 Å². The molecule has 322 valence electrons. The molecule has 8 amide bonds. The molecule has 0 bridgehead atoms. The van der Waals surface area contributed by atoms with Gasteiger partial charge in [0, 0.05) is 39.0 Å². The van der Waals surface area contributed by atoms with Crippen molar-refractivity contribution < 1.29 is 58.5 Å². The number of hydrogen-bond donors (Lipinski definition) is 8. The molecule has 0 aliphatic carbocycles. The number of carboxylic acids is 1. The monoisotopic (exact) mass is 837 g/mol. The number of carbonyl (C=O) groups is 9. The van der Waals surface area contributed by atoms with Gasteiger partial charge in [0.2, 0.25) is 47.3 Å². The number of aliphatic hydroxyl groups is 2. The zero-order valence-corrected chi connectivity index (χ0v) is 33.4. The van der Waals surface area contributed by atoms with E-state index in [4.69, 9.17) is 5.11 Å². The van der Waals surface area contributed by atoms with E-state index in [2.05, 4.69) is 26.6 Å². The van der Waals surface area contributed by atoms with E-state index in [0.29, 0.717) is 44.4 Å². The minimum atomic E-state index is -1.28. The fourth-order valence-corrected chi connectivity index (χ4v) is 8.85. The summed E-state index contributed by atoms with van der Waals surface area (Å²) in [5.41, 5.74) is 0. The van der Waals surface area contributed by atoms with Crippen molar-refractivity contribution in [3.8, 4) is 0 Å². The van der Waals surface area contributed by atoms with Crippen molar-refractivity contribution in [3.63, 3.8) is 0 Å². The molecule has 0 unspecified atom stereocenters. The minimum Gasteiger partial charge on any atom is -0.480 e. The second-order valence-electron chi connectivity index (χ2n) is 15.3. The van der Waals surface area contributed by atoms with Crippen molar-refractivity contribution in [2.24, 2.45) is 0 Å². The average molecular weight is 838 g/mol. The first-order valence-corrected chi connectivity index (χ1v) is 21.2. The predicted molar refractivity (Wildman–Crippen MR) is 204 cm³/mol.